The third-order valence-corrected chi connectivity index (χ3v) is 4.39. The summed E-state index contributed by atoms with van der Waals surface area (Å²) in [6, 6.07) is 3.78. The van der Waals surface area contributed by atoms with E-state index >= 15 is 0 Å². The lowest BCUT2D eigenvalue weighted by Gasteiger charge is -2.19. The molecule has 0 N–H and O–H groups in total. The van der Waals surface area contributed by atoms with Crippen LogP contribution in [0.1, 0.15) is 24.8 Å². The van der Waals surface area contributed by atoms with Gasteiger partial charge in [-0.1, -0.05) is 18.0 Å². The number of aromatic nitrogens is 1. The van der Waals surface area contributed by atoms with Crippen LogP contribution in [0.15, 0.2) is 12.3 Å². The van der Waals surface area contributed by atoms with E-state index in [0.717, 1.165) is 30.7 Å². The van der Waals surface area contributed by atoms with Crippen molar-refractivity contribution in [3.8, 4) is 6.07 Å². The number of fused-ring (bicyclic) bond motifs is 1. The highest BCUT2D eigenvalue weighted by Gasteiger charge is 2.37. The number of nitrogens with zero attached hydrogens (tertiary/aromatic N) is 3. The molecule has 2 fully saturated rings. The lowest BCUT2D eigenvalue weighted by molar-refractivity contribution is 0.494. The molecule has 0 aromatic carbocycles. The Morgan fingerprint density at radius 2 is 2.06 bits per heavy atom. The van der Waals surface area contributed by atoms with Gasteiger partial charge in [-0.05, 0) is 30.7 Å². The molecule has 1 saturated heterocycles. The van der Waals surface area contributed by atoms with Crippen molar-refractivity contribution in [3.63, 3.8) is 0 Å². The largest absolute Gasteiger partial charge is 0.355 e. The van der Waals surface area contributed by atoms with Crippen LogP contribution in [0.3, 0.4) is 0 Å². The first-order valence-electron chi connectivity index (χ1n) is 6.09. The lowest BCUT2D eigenvalue weighted by Crippen LogP contribution is -2.22. The molecule has 1 aromatic heterocycles. The molecule has 17 heavy (non-hydrogen) atoms. The number of hydrogen-bond acceptors (Lipinski definition) is 3. The topological polar surface area (TPSA) is 39.9 Å². The van der Waals surface area contributed by atoms with Crippen LogP contribution < -0.4 is 4.90 Å². The lowest BCUT2D eigenvalue weighted by atomic mass is 10.0. The van der Waals surface area contributed by atoms with E-state index in [1.165, 1.54) is 19.3 Å². The number of anilines is 1. The smallest absolute Gasteiger partial charge is 0.148 e. The van der Waals surface area contributed by atoms with Crippen LogP contribution in [0.4, 0.5) is 5.82 Å². The molecule has 1 aliphatic carbocycles. The number of nitriles is 1. The van der Waals surface area contributed by atoms with Crippen molar-refractivity contribution in [1.82, 2.24) is 4.98 Å². The van der Waals surface area contributed by atoms with Gasteiger partial charge in [0.05, 0.1) is 5.56 Å². The summed E-state index contributed by atoms with van der Waals surface area (Å²) in [6.45, 7) is 2.10. The Hall–Kier alpha value is -1.27. The second-order valence-corrected chi connectivity index (χ2v) is 5.34. The molecule has 0 amide bonds. The molecule has 1 aliphatic heterocycles. The van der Waals surface area contributed by atoms with E-state index in [9.17, 15) is 0 Å². The van der Waals surface area contributed by atoms with Crippen molar-refractivity contribution in [1.29, 1.82) is 5.26 Å². The summed E-state index contributed by atoms with van der Waals surface area (Å²) in [5.41, 5.74) is 0.522. The predicted octanol–water partition coefficient (Wildman–Crippen LogP) is 2.84. The third kappa shape index (κ3) is 1.77. The fourth-order valence-corrected chi connectivity index (χ4v) is 3.42. The summed E-state index contributed by atoms with van der Waals surface area (Å²) in [5, 5.41) is 9.48. The molecule has 0 spiro atoms. The van der Waals surface area contributed by atoms with E-state index < -0.39 is 0 Å². The summed E-state index contributed by atoms with van der Waals surface area (Å²) < 4.78 is 0. The third-order valence-electron chi connectivity index (χ3n) is 4.02. The zero-order valence-corrected chi connectivity index (χ0v) is 10.3. The van der Waals surface area contributed by atoms with Gasteiger partial charge >= 0.3 is 0 Å². The molecule has 1 saturated carbocycles. The summed E-state index contributed by atoms with van der Waals surface area (Å²) in [5.74, 6) is 2.40. The molecule has 0 bridgehead atoms. The van der Waals surface area contributed by atoms with E-state index in [0.29, 0.717) is 10.6 Å². The van der Waals surface area contributed by atoms with E-state index in [4.69, 9.17) is 16.9 Å². The van der Waals surface area contributed by atoms with Gasteiger partial charge in [-0.2, -0.15) is 5.26 Å². The van der Waals surface area contributed by atoms with Crippen molar-refractivity contribution >= 4 is 17.4 Å². The SMILES string of the molecule is N#Cc1ccnc(N2CC3CCCC3C2)c1Cl. The second kappa shape index (κ2) is 4.19. The van der Waals surface area contributed by atoms with Crippen LogP contribution in [0.25, 0.3) is 0 Å². The molecule has 88 valence electrons. The highest BCUT2D eigenvalue weighted by atomic mass is 35.5. The minimum absolute atomic E-state index is 0.509. The normalized spacial score (nSPS) is 26.9. The molecule has 0 radical (unpaired) electrons. The van der Waals surface area contributed by atoms with Gasteiger partial charge in [-0.15, -0.1) is 0 Å². The van der Waals surface area contributed by atoms with Gasteiger partial charge in [-0.3, -0.25) is 0 Å². The maximum absolute atomic E-state index is 8.97. The van der Waals surface area contributed by atoms with Crippen LogP contribution in [0.2, 0.25) is 5.02 Å². The summed E-state index contributed by atoms with van der Waals surface area (Å²) in [7, 11) is 0. The van der Waals surface area contributed by atoms with Crippen LogP contribution in [-0.2, 0) is 0 Å². The van der Waals surface area contributed by atoms with Crippen molar-refractivity contribution in [2.24, 2.45) is 11.8 Å². The Labute approximate surface area is 106 Å². The summed E-state index contributed by atoms with van der Waals surface area (Å²) in [6.07, 6.45) is 5.70. The minimum atomic E-state index is 0.509. The fourth-order valence-electron chi connectivity index (χ4n) is 3.15. The average Bonchev–Trinajstić information content (AvgIpc) is 2.89. The zero-order valence-electron chi connectivity index (χ0n) is 9.56. The Balaban J connectivity index is 1.89. The van der Waals surface area contributed by atoms with Crippen molar-refractivity contribution < 1.29 is 0 Å². The van der Waals surface area contributed by atoms with Gasteiger partial charge in [0.25, 0.3) is 0 Å². The quantitative estimate of drug-likeness (QED) is 0.766. The van der Waals surface area contributed by atoms with Gasteiger partial charge in [0.1, 0.15) is 16.9 Å². The van der Waals surface area contributed by atoms with Crippen molar-refractivity contribution in [3.05, 3.63) is 22.8 Å². The molecular formula is C13H14ClN3. The molecular weight excluding hydrogens is 234 g/mol. The van der Waals surface area contributed by atoms with Gasteiger partial charge in [0.2, 0.25) is 0 Å². The second-order valence-electron chi connectivity index (χ2n) is 4.96. The van der Waals surface area contributed by atoms with Gasteiger partial charge in [-0.25, -0.2) is 4.98 Å². The molecule has 2 unspecified atom stereocenters. The number of halogens is 1. The maximum atomic E-state index is 8.97. The molecule has 1 aromatic rings. The van der Waals surface area contributed by atoms with Crippen LogP contribution >= 0.6 is 11.6 Å². The number of pyridine rings is 1. The first kappa shape index (κ1) is 10.9. The molecule has 3 nitrogen and oxygen atoms in total. The van der Waals surface area contributed by atoms with Gasteiger partial charge in [0.15, 0.2) is 0 Å². The van der Waals surface area contributed by atoms with E-state index in [1.54, 1.807) is 12.3 Å². The Bertz CT molecular complexity index is 468. The molecule has 4 heteroatoms. The van der Waals surface area contributed by atoms with Gasteiger partial charge < -0.3 is 4.90 Å². The first-order valence-corrected chi connectivity index (χ1v) is 6.47. The monoisotopic (exact) mass is 247 g/mol. The Morgan fingerprint density at radius 3 is 2.71 bits per heavy atom. The van der Waals surface area contributed by atoms with Crippen molar-refractivity contribution in [2.45, 2.75) is 19.3 Å². The molecule has 2 heterocycles. The number of rotatable bonds is 1. The highest BCUT2D eigenvalue weighted by molar-refractivity contribution is 6.34. The number of hydrogen-bond donors (Lipinski definition) is 0. The molecule has 2 aliphatic rings. The first-order chi connectivity index (χ1) is 8.29. The van der Waals surface area contributed by atoms with Crippen molar-refractivity contribution in [2.75, 3.05) is 18.0 Å². The maximum Gasteiger partial charge on any atom is 0.148 e. The van der Waals surface area contributed by atoms with Crippen LogP contribution in [0, 0.1) is 23.2 Å². The van der Waals surface area contributed by atoms with E-state index in [1.807, 2.05) is 0 Å². The predicted molar refractivity (Wildman–Crippen MR) is 67.0 cm³/mol. The van der Waals surface area contributed by atoms with Crippen LogP contribution in [-0.4, -0.2) is 18.1 Å². The van der Waals surface area contributed by atoms with E-state index in [2.05, 4.69) is 16.0 Å². The Kier molecular flexibility index (Phi) is 2.68. The summed E-state index contributed by atoms with van der Waals surface area (Å²) >= 11 is 6.22. The molecule has 2 atom stereocenters. The van der Waals surface area contributed by atoms with Gasteiger partial charge in [0, 0.05) is 19.3 Å². The minimum Gasteiger partial charge on any atom is -0.355 e. The van der Waals surface area contributed by atoms with Crippen LogP contribution in [0.5, 0.6) is 0 Å². The molecule has 3 rings (SSSR count). The standard InChI is InChI=1S/C13H14ClN3/c14-12-9(6-15)4-5-16-13(12)17-7-10-2-1-3-11(10)8-17/h4-5,10-11H,1-3,7-8H2. The average molecular weight is 248 g/mol. The highest BCUT2D eigenvalue weighted by Crippen LogP contribution is 2.40. The van der Waals surface area contributed by atoms with E-state index in [-0.39, 0.29) is 0 Å². The zero-order chi connectivity index (χ0) is 11.8. The Morgan fingerprint density at radius 1 is 1.35 bits per heavy atom. The fraction of sp³-hybridized carbons (Fsp3) is 0.538. The summed E-state index contributed by atoms with van der Waals surface area (Å²) in [4.78, 5) is 6.59.